The van der Waals surface area contributed by atoms with Gasteiger partial charge in [0.15, 0.2) is 0 Å². The van der Waals surface area contributed by atoms with Gasteiger partial charge in [-0.1, -0.05) is 6.07 Å². The lowest BCUT2D eigenvalue weighted by Gasteiger charge is -2.08. The van der Waals surface area contributed by atoms with Crippen LogP contribution in [0.5, 0.6) is 5.75 Å². The number of ether oxygens (including phenoxy) is 1. The predicted octanol–water partition coefficient (Wildman–Crippen LogP) is 0.640. The standard InChI is InChI=1S/C11H10N2O4/c1-13-9(11(15)16)12-8-6(10(13)14)4-3-5-7(8)17-2/h3-5H,1-2H3,(H,15,16). The number of nitrogens with zero attached hydrogens (tertiary/aromatic N) is 2. The number of methoxy groups -OCH3 is 1. The second-order valence-corrected chi connectivity index (χ2v) is 3.46. The highest BCUT2D eigenvalue weighted by atomic mass is 16.5. The van der Waals surface area contributed by atoms with E-state index in [-0.39, 0.29) is 11.3 Å². The molecule has 0 saturated heterocycles. The van der Waals surface area contributed by atoms with Gasteiger partial charge in [-0.25, -0.2) is 9.78 Å². The van der Waals surface area contributed by atoms with Crippen LogP contribution in [0.3, 0.4) is 0 Å². The molecule has 6 heteroatoms. The lowest BCUT2D eigenvalue weighted by molar-refractivity contribution is 0.0678. The maximum atomic E-state index is 11.9. The maximum absolute atomic E-state index is 11.9. The summed E-state index contributed by atoms with van der Waals surface area (Å²) in [5, 5.41) is 9.28. The van der Waals surface area contributed by atoms with E-state index in [2.05, 4.69) is 4.98 Å². The van der Waals surface area contributed by atoms with Crippen LogP contribution in [-0.4, -0.2) is 27.7 Å². The molecule has 1 aromatic carbocycles. The summed E-state index contributed by atoms with van der Waals surface area (Å²) < 4.78 is 6.06. The van der Waals surface area contributed by atoms with Crippen LogP contribution in [0.15, 0.2) is 23.0 Å². The SMILES string of the molecule is COc1cccc2c(=O)n(C)c(C(=O)O)nc12. The Kier molecular flexibility index (Phi) is 2.55. The molecule has 1 N–H and O–H groups in total. The van der Waals surface area contributed by atoms with Crippen molar-refractivity contribution >= 4 is 16.9 Å². The van der Waals surface area contributed by atoms with Gasteiger partial charge < -0.3 is 9.84 Å². The molecule has 0 amide bonds. The van der Waals surface area contributed by atoms with Crippen molar-refractivity contribution in [2.45, 2.75) is 0 Å². The largest absolute Gasteiger partial charge is 0.494 e. The Morgan fingerprint density at radius 1 is 1.47 bits per heavy atom. The topological polar surface area (TPSA) is 81.4 Å². The number of aromatic nitrogens is 2. The van der Waals surface area contributed by atoms with Crippen molar-refractivity contribution in [1.29, 1.82) is 0 Å². The fraction of sp³-hybridized carbons (Fsp3) is 0.182. The average molecular weight is 234 g/mol. The van der Waals surface area contributed by atoms with Gasteiger partial charge in [-0.15, -0.1) is 0 Å². The van der Waals surface area contributed by atoms with Gasteiger partial charge in [0.1, 0.15) is 11.3 Å². The Labute approximate surface area is 96.1 Å². The molecule has 2 rings (SSSR count). The summed E-state index contributed by atoms with van der Waals surface area (Å²) in [6, 6.07) is 4.86. The van der Waals surface area contributed by atoms with Crippen LogP contribution in [0.1, 0.15) is 10.6 Å². The van der Waals surface area contributed by atoms with Crippen LogP contribution >= 0.6 is 0 Å². The first-order valence-electron chi connectivity index (χ1n) is 4.83. The van der Waals surface area contributed by atoms with E-state index in [1.54, 1.807) is 18.2 Å². The monoisotopic (exact) mass is 234 g/mol. The number of carbonyl (C=O) groups is 1. The van der Waals surface area contributed by atoms with E-state index < -0.39 is 11.5 Å². The molecular weight excluding hydrogens is 224 g/mol. The number of hydrogen-bond acceptors (Lipinski definition) is 4. The lowest BCUT2D eigenvalue weighted by atomic mass is 10.2. The van der Waals surface area contributed by atoms with Crippen molar-refractivity contribution in [2.24, 2.45) is 7.05 Å². The van der Waals surface area contributed by atoms with Gasteiger partial charge >= 0.3 is 5.97 Å². The third kappa shape index (κ3) is 1.63. The van der Waals surface area contributed by atoms with E-state index in [1.165, 1.54) is 14.2 Å². The van der Waals surface area contributed by atoms with Crippen molar-refractivity contribution in [1.82, 2.24) is 9.55 Å². The molecule has 0 spiro atoms. The van der Waals surface area contributed by atoms with Crippen LogP contribution in [0.25, 0.3) is 10.9 Å². The second-order valence-electron chi connectivity index (χ2n) is 3.46. The number of carboxylic acid groups (broad SMARTS) is 1. The molecule has 0 aliphatic heterocycles. The van der Waals surface area contributed by atoms with E-state index in [1.807, 2.05) is 0 Å². The molecule has 0 aliphatic carbocycles. The molecule has 0 atom stereocenters. The number of fused-ring (bicyclic) bond motifs is 1. The Bertz CT molecular complexity index is 660. The Morgan fingerprint density at radius 3 is 2.76 bits per heavy atom. The van der Waals surface area contributed by atoms with Gasteiger partial charge in [-0.2, -0.15) is 0 Å². The summed E-state index contributed by atoms with van der Waals surface area (Å²) >= 11 is 0. The minimum atomic E-state index is -1.25. The van der Waals surface area contributed by atoms with E-state index in [0.717, 1.165) is 4.57 Å². The smallest absolute Gasteiger partial charge is 0.372 e. The average Bonchev–Trinajstić information content (AvgIpc) is 2.32. The molecule has 88 valence electrons. The minimum absolute atomic E-state index is 0.260. The summed E-state index contributed by atoms with van der Waals surface area (Å²) in [6.45, 7) is 0. The molecule has 17 heavy (non-hydrogen) atoms. The zero-order chi connectivity index (χ0) is 12.6. The highest BCUT2D eigenvalue weighted by Gasteiger charge is 2.15. The highest BCUT2D eigenvalue weighted by Crippen LogP contribution is 2.20. The Hall–Kier alpha value is -2.37. The molecule has 0 radical (unpaired) electrons. The summed E-state index contributed by atoms with van der Waals surface area (Å²) in [7, 11) is 2.81. The molecule has 0 fully saturated rings. The third-order valence-electron chi connectivity index (χ3n) is 2.48. The third-order valence-corrected chi connectivity index (χ3v) is 2.48. The number of rotatable bonds is 2. The van der Waals surface area contributed by atoms with E-state index in [9.17, 15) is 9.59 Å². The first-order chi connectivity index (χ1) is 8.06. The zero-order valence-electron chi connectivity index (χ0n) is 9.30. The summed E-state index contributed by atoms with van der Waals surface area (Å²) in [6.07, 6.45) is 0. The fourth-order valence-electron chi connectivity index (χ4n) is 1.62. The molecule has 0 unspecified atom stereocenters. The first-order valence-corrected chi connectivity index (χ1v) is 4.83. The quantitative estimate of drug-likeness (QED) is 0.824. The number of aromatic carboxylic acids is 1. The predicted molar refractivity (Wildman–Crippen MR) is 60.5 cm³/mol. The van der Waals surface area contributed by atoms with Crippen LogP contribution in [0.4, 0.5) is 0 Å². The number of para-hydroxylation sites is 1. The van der Waals surface area contributed by atoms with E-state index >= 15 is 0 Å². The van der Waals surface area contributed by atoms with Crippen LogP contribution in [0.2, 0.25) is 0 Å². The van der Waals surface area contributed by atoms with Crippen molar-refractivity contribution in [3.63, 3.8) is 0 Å². The first kappa shape index (κ1) is 11.1. The van der Waals surface area contributed by atoms with Crippen LogP contribution in [-0.2, 0) is 7.05 Å². The van der Waals surface area contributed by atoms with Crippen molar-refractivity contribution < 1.29 is 14.6 Å². The molecular formula is C11H10N2O4. The molecule has 1 heterocycles. The normalized spacial score (nSPS) is 10.5. The van der Waals surface area contributed by atoms with Gasteiger partial charge in [0.2, 0.25) is 5.82 Å². The van der Waals surface area contributed by atoms with Gasteiger partial charge in [0.25, 0.3) is 5.56 Å². The Morgan fingerprint density at radius 2 is 2.18 bits per heavy atom. The molecule has 0 saturated carbocycles. The maximum Gasteiger partial charge on any atom is 0.372 e. The number of benzene rings is 1. The Balaban J connectivity index is 2.96. The summed E-state index contributed by atoms with van der Waals surface area (Å²) in [4.78, 5) is 26.8. The lowest BCUT2D eigenvalue weighted by Crippen LogP contribution is -2.25. The molecule has 0 aliphatic rings. The van der Waals surface area contributed by atoms with Gasteiger partial charge in [0, 0.05) is 7.05 Å². The summed E-state index contributed by atoms with van der Waals surface area (Å²) in [5.74, 6) is -1.19. The van der Waals surface area contributed by atoms with Crippen molar-refractivity contribution in [3.8, 4) is 5.75 Å². The zero-order valence-corrected chi connectivity index (χ0v) is 9.30. The number of hydrogen-bond donors (Lipinski definition) is 1. The summed E-state index contributed by atoms with van der Waals surface area (Å²) in [5.41, 5.74) is -0.151. The van der Waals surface area contributed by atoms with Crippen molar-refractivity contribution in [3.05, 3.63) is 34.4 Å². The van der Waals surface area contributed by atoms with E-state index in [4.69, 9.17) is 9.84 Å². The molecule has 1 aromatic heterocycles. The molecule has 2 aromatic rings. The molecule has 0 bridgehead atoms. The van der Waals surface area contributed by atoms with Crippen LogP contribution < -0.4 is 10.3 Å². The minimum Gasteiger partial charge on any atom is -0.494 e. The fourth-order valence-corrected chi connectivity index (χ4v) is 1.62. The number of carboxylic acids is 1. The molecule has 6 nitrogen and oxygen atoms in total. The highest BCUT2D eigenvalue weighted by molar-refractivity contribution is 5.89. The van der Waals surface area contributed by atoms with Gasteiger partial charge in [-0.05, 0) is 12.1 Å². The van der Waals surface area contributed by atoms with Crippen molar-refractivity contribution in [2.75, 3.05) is 7.11 Å². The van der Waals surface area contributed by atoms with Crippen LogP contribution in [0, 0.1) is 0 Å². The van der Waals surface area contributed by atoms with E-state index in [0.29, 0.717) is 11.1 Å². The van der Waals surface area contributed by atoms with Gasteiger partial charge in [-0.3, -0.25) is 9.36 Å². The van der Waals surface area contributed by atoms with Gasteiger partial charge in [0.05, 0.1) is 12.5 Å². The second kappa shape index (κ2) is 3.89.